The molecule has 4 aromatic rings. The number of hydrogen-bond acceptors (Lipinski definition) is 6. The lowest BCUT2D eigenvalue weighted by Crippen LogP contribution is -2.45. The lowest BCUT2D eigenvalue weighted by atomic mass is 10.0. The van der Waals surface area contributed by atoms with E-state index in [1.807, 2.05) is 12.1 Å². The van der Waals surface area contributed by atoms with Crippen LogP contribution in [-0.2, 0) is 18.4 Å². The van der Waals surface area contributed by atoms with Crippen molar-refractivity contribution in [2.75, 3.05) is 19.7 Å². The minimum absolute atomic E-state index is 0.146. The molecule has 0 unspecified atom stereocenters. The fraction of sp³-hybridized carbons (Fsp3) is 0.226. The maximum Gasteiger partial charge on any atom is 0.290 e. The normalized spacial score (nSPS) is 18.8. The number of hydrogen-bond donors (Lipinski definition) is 2. The Hall–Kier alpha value is -5.19. The van der Waals surface area contributed by atoms with E-state index in [2.05, 4.69) is 15.6 Å². The third kappa shape index (κ3) is 5.67. The molecule has 11 heteroatoms. The summed E-state index contributed by atoms with van der Waals surface area (Å²) in [6.07, 6.45) is 2.60. The van der Waals surface area contributed by atoms with Gasteiger partial charge in [0.1, 0.15) is 23.4 Å². The van der Waals surface area contributed by atoms with Crippen molar-refractivity contribution in [3.63, 3.8) is 0 Å². The Labute approximate surface area is 241 Å². The van der Waals surface area contributed by atoms with E-state index in [9.17, 15) is 18.8 Å². The van der Waals surface area contributed by atoms with Gasteiger partial charge in [-0.15, -0.1) is 0 Å². The summed E-state index contributed by atoms with van der Waals surface area (Å²) in [6.45, 7) is 0.448. The molecule has 1 saturated heterocycles. The first-order chi connectivity index (χ1) is 20.3. The highest BCUT2D eigenvalue weighted by atomic mass is 19.1. The van der Waals surface area contributed by atoms with Crippen LogP contribution in [0.3, 0.4) is 0 Å². The van der Waals surface area contributed by atoms with E-state index in [0.29, 0.717) is 29.2 Å². The smallest absolute Gasteiger partial charge is 0.290 e. The van der Waals surface area contributed by atoms with E-state index in [1.165, 1.54) is 12.1 Å². The molecule has 0 aliphatic carbocycles. The van der Waals surface area contributed by atoms with Crippen molar-refractivity contribution >= 4 is 17.7 Å². The first-order valence-corrected chi connectivity index (χ1v) is 13.5. The van der Waals surface area contributed by atoms with Gasteiger partial charge in [-0.25, -0.2) is 9.37 Å². The van der Waals surface area contributed by atoms with Crippen molar-refractivity contribution in [3.05, 3.63) is 102 Å². The van der Waals surface area contributed by atoms with Crippen LogP contribution in [0.2, 0.25) is 0 Å². The maximum absolute atomic E-state index is 15.0. The van der Waals surface area contributed by atoms with Crippen LogP contribution in [0.5, 0.6) is 11.5 Å². The highest BCUT2D eigenvalue weighted by Crippen LogP contribution is 2.27. The Balaban J connectivity index is 1.34. The molecule has 0 spiro atoms. The van der Waals surface area contributed by atoms with Gasteiger partial charge < -0.3 is 29.6 Å². The Bertz CT molecular complexity index is 1650. The molecule has 7 rings (SSSR count). The summed E-state index contributed by atoms with van der Waals surface area (Å²) in [5, 5.41) is 5.73. The van der Waals surface area contributed by atoms with Crippen LogP contribution in [0.15, 0.2) is 79.1 Å². The molecular formula is C31H28FN5O5. The number of imidazole rings is 1. The zero-order valence-corrected chi connectivity index (χ0v) is 22.7. The van der Waals surface area contributed by atoms with Crippen LogP contribution >= 0.6 is 0 Å². The molecule has 2 N–H and O–H groups in total. The summed E-state index contributed by atoms with van der Waals surface area (Å²) in [5.41, 5.74) is 1.98. The second-order valence-corrected chi connectivity index (χ2v) is 10.2. The molecular weight excluding hydrogens is 541 g/mol. The molecule has 6 bridgehead atoms. The maximum atomic E-state index is 15.0. The molecule has 3 aliphatic heterocycles. The number of ether oxygens (including phenoxy) is 2. The van der Waals surface area contributed by atoms with Gasteiger partial charge in [-0.3, -0.25) is 14.4 Å². The second-order valence-electron chi connectivity index (χ2n) is 10.2. The van der Waals surface area contributed by atoms with Crippen LogP contribution in [0.4, 0.5) is 4.39 Å². The minimum atomic E-state index is -0.686. The molecule has 1 fully saturated rings. The number of aromatic nitrogens is 2. The van der Waals surface area contributed by atoms with Crippen molar-refractivity contribution in [1.82, 2.24) is 25.1 Å². The van der Waals surface area contributed by atoms with Gasteiger partial charge in [-0.1, -0.05) is 30.3 Å². The van der Waals surface area contributed by atoms with Gasteiger partial charge in [-0.2, -0.15) is 0 Å². The summed E-state index contributed by atoms with van der Waals surface area (Å²) in [6, 6.07) is 17.8. The molecule has 3 aromatic carbocycles. The zero-order valence-electron chi connectivity index (χ0n) is 22.7. The van der Waals surface area contributed by atoms with Crippen molar-refractivity contribution in [3.8, 4) is 22.6 Å². The Kier molecular flexibility index (Phi) is 7.30. The highest BCUT2D eigenvalue weighted by Gasteiger charge is 2.39. The first-order valence-electron chi connectivity index (χ1n) is 13.5. The van der Waals surface area contributed by atoms with Crippen molar-refractivity contribution in [2.24, 2.45) is 7.05 Å². The van der Waals surface area contributed by atoms with E-state index in [4.69, 9.17) is 9.47 Å². The van der Waals surface area contributed by atoms with E-state index < -0.39 is 23.9 Å². The predicted molar refractivity (Wildman–Crippen MR) is 150 cm³/mol. The minimum Gasteiger partial charge on any atom is -0.486 e. The van der Waals surface area contributed by atoms with Crippen molar-refractivity contribution in [1.29, 1.82) is 0 Å². The molecule has 4 heterocycles. The quantitative estimate of drug-likeness (QED) is 0.365. The van der Waals surface area contributed by atoms with Crippen molar-refractivity contribution < 1.29 is 28.2 Å². The third-order valence-corrected chi connectivity index (χ3v) is 7.33. The SMILES string of the molecule is Cn1ccnc1C(=O)N1C[C@@H]2NC(=O)c3cc(ccc3F)-c3cccc(c3)OCC(=O)NCc3ccc(cc3)O[C@H]2C1. The number of carbonyl (C=O) groups excluding carboxylic acids is 3. The number of nitrogens with one attached hydrogen (secondary N) is 2. The number of likely N-dealkylation sites (tertiary alicyclic amines) is 1. The summed E-state index contributed by atoms with van der Waals surface area (Å²) in [5.74, 6) is -0.677. The molecule has 10 nitrogen and oxygen atoms in total. The van der Waals surface area contributed by atoms with Gasteiger partial charge >= 0.3 is 0 Å². The number of halogens is 1. The number of aryl methyl sites for hydroxylation is 1. The highest BCUT2D eigenvalue weighted by molar-refractivity contribution is 5.96. The molecule has 3 aliphatic rings. The summed E-state index contributed by atoms with van der Waals surface area (Å²) in [7, 11) is 1.73. The Morgan fingerprint density at radius 3 is 2.60 bits per heavy atom. The number of amides is 3. The number of carbonyl (C=O) groups is 3. The third-order valence-electron chi connectivity index (χ3n) is 7.33. The van der Waals surface area contributed by atoms with Crippen LogP contribution in [0.1, 0.15) is 26.5 Å². The molecule has 0 saturated carbocycles. The molecule has 214 valence electrons. The fourth-order valence-electron chi connectivity index (χ4n) is 5.06. The van der Waals surface area contributed by atoms with Gasteiger partial charge in [0.2, 0.25) is 0 Å². The van der Waals surface area contributed by atoms with E-state index in [0.717, 1.165) is 5.56 Å². The van der Waals surface area contributed by atoms with Gasteiger partial charge in [0.05, 0.1) is 18.2 Å². The first kappa shape index (κ1) is 27.0. The Morgan fingerprint density at radius 1 is 1.00 bits per heavy atom. The van der Waals surface area contributed by atoms with Crippen LogP contribution in [0.25, 0.3) is 11.1 Å². The molecule has 1 aromatic heterocycles. The summed E-state index contributed by atoms with van der Waals surface area (Å²) in [4.78, 5) is 44.9. The van der Waals surface area contributed by atoms with Crippen LogP contribution < -0.4 is 20.1 Å². The number of nitrogens with zero attached hydrogens (tertiary/aromatic N) is 3. The topological polar surface area (TPSA) is 115 Å². The number of fused-ring (bicyclic) bond motifs is 7. The lowest BCUT2D eigenvalue weighted by Gasteiger charge is -2.21. The lowest BCUT2D eigenvalue weighted by molar-refractivity contribution is -0.123. The Morgan fingerprint density at radius 2 is 1.81 bits per heavy atom. The van der Waals surface area contributed by atoms with Gasteiger partial charge in [0.15, 0.2) is 12.4 Å². The molecule has 2 atom stereocenters. The zero-order chi connectivity index (χ0) is 29.2. The predicted octanol–water partition coefficient (Wildman–Crippen LogP) is 2.94. The molecule has 42 heavy (non-hydrogen) atoms. The standard InChI is InChI=1S/C31H28FN5O5/c1-36-12-11-33-29(36)31(40)37-16-26-27(17-37)42-22-8-5-19(6-9-22)15-34-28(38)18-41-23-4-2-3-20(13-23)21-7-10-25(32)24(14-21)30(39)35-26/h2-14,26-27H,15-18H2,1H3,(H,34,38)(H,35,39)/t26-,27-/m0/s1. The van der Waals surface area contributed by atoms with Crippen molar-refractivity contribution in [2.45, 2.75) is 18.7 Å². The fourth-order valence-corrected chi connectivity index (χ4v) is 5.06. The van der Waals surface area contributed by atoms with Crippen LogP contribution in [0, 0.1) is 5.82 Å². The summed E-state index contributed by atoms with van der Waals surface area (Å²) < 4.78 is 28.5. The number of rotatable bonds is 1. The van der Waals surface area contributed by atoms with Gasteiger partial charge in [-0.05, 0) is 53.1 Å². The van der Waals surface area contributed by atoms with E-state index >= 15 is 0 Å². The number of benzene rings is 3. The van der Waals surface area contributed by atoms with Gasteiger partial charge in [0, 0.05) is 32.5 Å². The summed E-state index contributed by atoms with van der Waals surface area (Å²) >= 11 is 0. The second kappa shape index (κ2) is 11.4. The van der Waals surface area contributed by atoms with E-state index in [-0.39, 0.29) is 42.9 Å². The van der Waals surface area contributed by atoms with E-state index in [1.54, 1.807) is 71.4 Å². The monoisotopic (exact) mass is 569 g/mol. The largest absolute Gasteiger partial charge is 0.486 e. The van der Waals surface area contributed by atoms with Gasteiger partial charge in [0.25, 0.3) is 17.7 Å². The average Bonchev–Trinajstić information content (AvgIpc) is 3.61. The molecule has 0 radical (unpaired) electrons. The molecule has 3 amide bonds. The average molecular weight is 570 g/mol. The van der Waals surface area contributed by atoms with Crippen LogP contribution in [-0.4, -0.2) is 64.0 Å².